The van der Waals surface area contributed by atoms with E-state index in [0.717, 1.165) is 0 Å². The molecule has 2 aliphatic rings. The molecule has 0 aromatic rings. The predicted molar refractivity (Wildman–Crippen MR) is 74.9 cm³/mol. The number of nitrogens with one attached hydrogen (secondary N) is 2. The Morgan fingerprint density at radius 1 is 1.18 bits per heavy atom. The van der Waals surface area contributed by atoms with Crippen LogP contribution in [0.3, 0.4) is 0 Å². The lowest BCUT2D eigenvalue weighted by Gasteiger charge is -2.31. The van der Waals surface area contributed by atoms with Crippen molar-refractivity contribution in [3.8, 4) is 0 Å². The van der Waals surface area contributed by atoms with E-state index in [0.29, 0.717) is 32.5 Å². The Hall–Kier alpha value is -2.12. The quantitative estimate of drug-likeness (QED) is 0.518. The van der Waals surface area contributed by atoms with Crippen LogP contribution in [0.25, 0.3) is 0 Å². The number of amides is 3. The van der Waals surface area contributed by atoms with Gasteiger partial charge in [-0.3, -0.25) is 30.0 Å². The molecule has 0 saturated carbocycles. The molecule has 0 aromatic carbocycles. The lowest BCUT2D eigenvalue weighted by molar-refractivity contribution is -0.151. The van der Waals surface area contributed by atoms with Crippen LogP contribution in [0.1, 0.15) is 32.6 Å². The predicted octanol–water partition coefficient (Wildman–Crippen LogP) is -0.654. The molecule has 0 aliphatic carbocycles. The van der Waals surface area contributed by atoms with Gasteiger partial charge in [0.2, 0.25) is 5.91 Å². The van der Waals surface area contributed by atoms with Crippen molar-refractivity contribution in [3.63, 3.8) is 0 Å². The van der Waals surface area contributed by atoms with Crippen LogP contribution in [0.2, 0.25) is 0 Å². The molecule has 0 aromatic heterocycles. The molecular formula is C14H21N3O5. The molecule has 8 heteroatoms. The highest BCUT2D eigenvalue weighted by Crippen LogP contribution is 2.20. The summed E-state index contributed by atoms with van der Waals surface area (Å²) in [5.41, 5.74) is 4.48. The highest BCUT2D eigenvalue weighted by atomic mass is 16.5. The summed E-state index contributed by atoms with van der Waals surface area (Å²) in [5.74, 6) is -2.00. The van der Waals surface area contributed by atoms with Crippen molar-refractivity contribution in [2.24, 2.45) is 11.8 Å². The molecule has 3 amide bonds. The third-order valence-electron chi connectivity index (χ3n) is 4.06. The standard InChI is InChI=1S/C14H21N3O5/c1-2-22-14(21)9-5-7-17(8-6-9)11(18)4-3-10-12(19)15-16-13(10)20/h9-10H,2-8H2,1H3,(H,15,19)(H,16,20). The van der Waals surface area contributed by atoms with Crippen LogP contribution in [-0.2, 0) is 23.9 Å². The number of ether oxygens (including phenoxy) is 1. The van der Waals surface area contributed by atoms with E-state index in [9.17, 15) is 19.2 Å². The summed E-state index contributed by atoms with van der Waals surface area (Å²) < 4.78 is 4.98. The zero-order chi connectivity index (χ0) is 16.1. The highest BCUT2D eigenvalue weighted by Gasteiger charge is 2.34. The number of hydrazine groups is 1. The van der Waals surface area contributed by atoms with Gasteiger partial charge in [0.1, 0.15) is 5.92 Å². The summed E-state index contributed by atoms with van der Waals surface area (Å²) in [6.07, 6.45) is 1.54. The maximum atomic E-state index is 12.1. The van der Waals surface area contributed by atoms with Crippen LogP contribution in [0, 0.1) is 11.8 Å². The Morgan fingerprint density at radius 3 is 2.32 bits per heavy atom. The van der Waals surface area contributed by atoms with Crippen molar-refractivity contribution in [3.05, 3.63) is 0 Å². The second-order valence-corrected chi connectivity index (χ2v) is 5.48. The van der Waals surface area contributed by atoms with E-state index in [1.54, 1.807) is 11.8 Å². The molecule has 0 spiro atoms. The molecule has 2 heterocycles. The average molecular weight is 311 g/mol. The Labute approximate surface area is 128 Å². The third kappa shape index (κ3) is 3.75. The summed E-state index contributed by atoms with van der Waals surface area (Å²) in [4.78, 5) is 48.2. The summed E-state index contributed by atoms with van der Waals surface area (Å²) >= 11 is 0. The van der Waals surface area contributed by atoms with Crippen molar-refractivity contribution < 1.29 is 23.9 Å². The largest absolute Gasteiger partial charge is 0.466 e. The van der Waals surface area contributed by atoms with Gasteiger partial charge in [0.15, 0.2) is 0 Å². The fraction of sp³-hybridized carbons (Fsp3) is 0.714. The lowest BCUT2D eigenvalue weighted by atomic mass is 9.96. The Balaban J connectivity index is 1.74. The van der Waals surface area contributed by atoms with Crippen LogP contribution in [0.15, 0.2) is 0 Å². The van der Waals surface area contributed by atoms with Gasteiger partial charge in [0.05, 0.1) is 12.5 Å². The average Bonchev–Trinajstić information content (AvgIpc) is 2.84. The maximum absolute atomic E-state index is 12.1. The highest BCUT2D eigenvalue weighted by molar-refractivity contribution is 6.05. The number of hydrogen-bond acceptors (Lipinski definition) is 5. The summed E-state index contributed by atoms with van der Waals surface area (Å²) in [5, 5.41) is 0. The molecule has 2 aliphatic heterocycles. The molecule has 0 atom stereocenters. The maximum Gasteiger partial charge on any atom is 0.309 e. The first-order chi connectivity index (χ1) is 10.5. The number of esters is 1. The number of carbonyl (C=O) groups is 4. The molecule has 2 fully saturated rings. The van der Waals surface area contributed by atoms with Crippen LogP contribution in [0.4, 0.5) is 0 Å². The van der Waals surface area contributed by atoms with Gasteiger partial charge in [-0.25, -0.2) is 0 Å². The van der Waals surface area contributed by atoms with E-state index >= 15 is 0 Å². The van der Waals surface area contributed by atoms with Crippen molar-refractivity contribution in [2.45, 2.75) is 32.6 Å². The normalized spacial score (nSPS) is 19.8. The molecule has 2 N–H and O–H groups in total. The van der Waals surface area contributed by atoms with Crippen molar-refractivity contribution in [1.82, 2.24) is 15.8 Å². The summed E-state index contributed by atoms with van der Waals surface area (Å²) in [6, 6.07) is 0. The fourth-order valence-corrected chi connectivity index (χ4v) is 2.73. The van der Waals surface area contributed by atoms with Gasteiger partial charge >= 0.3 is 5.97 Å². The smallest absolute Gasteiger partial charge is 0.309 e. The Morgan fingerprint density at radius 2 is 1.77 bits per heavy atom. The van der Waals surface area contributed by atoms with E-state index in [-0.39, 0.29) is 42.5 Å². The molecular weight excluding hydrogens is 290 g/mol. The van der Waals surface area contributed by atoms with E-state index in [1.165, 1.54) is 0 Å². The first-order valence-corrected chi connectivity index (χ1v) is 7.57. The molecule has 122 valence electrons. The van der Waals surface area contributed by atoms with Crippen LogP contribution in [-0.4, -0.2) is 48.3 Å². The van der Waals surface area contributed by atoms with Crippen molar-refractivity contribution >= 4 is 23.7 Å². The van der Waals surface area contributed by atoms with Crippen LogP contribution >= 0.6 is 0 Å². The van der Waals surface area contributed by atoms with E-state index < -0.39 is 5.92 Å². The molecule has 2 rings (SSSR count). The van der Waals surface area contributed by atoms with Gasteiger partial charge in [-0.15, -0.1) is 0 Å². The lowest BCUT2D eigenvalue weighted by Crippen LogP contribution is -2.41. The number of nitrogens with zero attached hydrogens (tertiary/aromatic N) is 1. The summed E-state index contributed by atoms with van der Waals surface area (Å²) in [7, 11) is 0. The number of carbonyl (C=O) groups excluding carboxylic acids is 4. The van der Waals surface area contributed by atoms with E-state index in [1.807, 2.05) is 0 Å². The molecule has 8 nitrogen and oxygen atoms in total. The minimum atomic E-state index is -0.791. The minimum Gasteiger partial charge on any atom is -0.466 e. The van der Waals surface area contributed by atoms with Gasteiger partial charge in [-0.1, -0.05) is 0 Å². The van der Waals surface area contributed by atoms with E-state index in [4.69, 9.17) is 4.74 Å². The third-order valence-corrected chi connectivity index (χ3v) is 4.06. The molecule has 0 bridgehead atoms. The van der Waals surface area contributed by atoms with Gasteiger partial charge in [-0.2, -0.15) is 0 Å². The molecule has 22 heavy (non-hydrogen) atoms. The zero-order valence-corrected chi connectivity index (χ0v) is 12.6. The van der Waals surface area contributed by atoms with Gasteiger partial charge in [-0.05, 0) is 26.2 Å². The number of piperidine rings is 1. The Bertz CT molecular complexity index is 455. The minimum absolute atomic E-state index is 0.0881. The van der Waals surface area contributed by atoms with Crippen LogP contribution in [0.5, 0.6) is 0 Å². The van der Waals surface area contributed by atoms with Gasteiger partial charge < -0.3 is 9.64 Å². The topological polar surface area (TPSA) is 105 Å². The first kappa shape index (κ1) is 16.3. The van der Waals surface area contributed by atoms with Crippen molar-refractivity contribution in [1.29, 1.82) is 0 Å². The number of rotatable bonds is 5. The van der Waals surface area contributed by atoms with E-state index in [2.05, 4.69) is 10.9 Å². The van der Waals surface area contributed by atoms with Gasteiger partial charge in [0, 0.05) is 19.5 Å². The molecule has 0 unspecified atom stereocenters. The number of likely N-dealkylation sites (tertiary alicyclic amines) is 1. The zero-order valence-electron chi connectivity index (χ0n) is 12.6. The Kier molecular flexibility index (Phi) is 5.35. The monoisotopic (exact) mass is 311 g/mol. The fourth-order valence-electron chi connectivity index (χ4n) is 2.73. The SMILES string of the molecule is CCOC(=O)C1CCN(C(=O)CCC2C(=O)NNC2=O)CC1. The summed E-state index contributed by atoms with van der Waals surface area (Å²) in [6.45, 7) is 3.14. The van der Waals surface area contributed by atoms with Gasteiger partial charge in [0.25, 0.3) is 11.8 Å². The second-order valence-electron chi connectivity index (χ2n) is 5.48. The van der Waals surface area contributed by atoms with Crippen LogP contribution < -0.4 is 10.9 Å². The van der Waals surface area contributed by atoms with Crippen molar-refractivity contribution in [2.75, 3.05) is 19.7 Å². The second kappa shape index (κ2) is 7.24. The first-order valence-electron chi connectivity index (χ1n) is 7.57. The molecule has 2 saturated heterocycles. The number of hydrogen-bond donors (Lipinski definition) is 2. The molecule has 0 radical (unpaired) electrons.